The molecule has 27 heavy (non-hydrogen) atoms. The lowest BCUT2D eigenvalue weighted by Crippen LogP contribution is -2.40. The molecule has 0 spiro atoms. The van der Waals surface area contributed by atoms with E-state index in [-0.39, 0.29) is 0 Å². The van der Waals surface area contributed by atoms with Gasteiger partial charge in [-0.2, -0.15) is 5.10 Å². The Balaban J connectivity index is 1.60. The largest absolute Gasteiger partial charge is 0.310 e. The van der Waals surface area contributed by atoms with Crippen LogP contribution in [0.3, 0.4) is 0 Å². The Bertz CT molecular complexity index is 859. The molecule has 2 aromatic carbocycles. The van der Waals surface area contributed by atoms with E-state index in [4.69, 9.17) is 5.10 Å². The maximum absolute atomic E-state index is 4.92. The highest BCUT2D eigenvalue weighted by Crippen LogP contribution is 2.24. The van der Waals surface area contributed by atoms with Gasteiger partial charge < -0.3 is 10.2 Å². The van der Waals surface area contributed by atoms with Gasteiger partial charge in [0.25, 0.3) is 0 Å². The number of piperidine rings is 1. The standard InChI is InChI=1S/C23H28N4/c1-18-8-10-19(11-9-18)23-20(16-24-21-12-14-26(2)15-13-21)17-27(25-23)22-6-4-3-5-7-22/h3-11,17,21,24H,12-16H2,1-2H3. The summed E-state index contributed by atoms with van der Waals surface area (Å²) in [5.74, 6) is 0. The summed E-state index contributed by atoms with van der Waals surface area (Å²) in [6.45, 7) is 5.32. The zero-order chi connectivity index (χ0) is 18.6. The topological polar surface area (TPSA) is 33.1 Å². The summed E-state index contributed by atoms with van der Waals surface area (Å²) in [5, 5.41) is 8.69. The number of nitrogens with one attached hydrogen (secondary N) is 1. The molecule has 1 aliphatic rings. The molecule has 4 heteroatoms. The van der Waals surface area contributed by atoms with Crippen molar-refractivity contribution in [2.45, 2.75) is 32.4 Å². The van der Waals surface area contributed by atoms with Gasteiger partial charge in [-0.25, -0.2) is 4.68 Å². The van der Waals surface area contributed by atoms with E-state index in [0.717, 1.165) is 17.9 Å². The first-order valence-electron chi connectivity index (χ1n) is 9.82. The first kappa shape index (κ1) is 18.0. The van der Waals surface area contributed by atoms with E-state index in [2.05, 4.69) is 78.9 Å². The van der Waals surface area contributed by atoms with Gasteiger partial charge in [0.2, 0.25) is 0 Å². The molecule has 4 rings (SSSR count). The molecule has 0 atom stereocenters. The van der Waals surface area contributed by atoms with Crippen LogP contribution in [0.15, 0.2) is 60.8 Å². The normalized spacial score (nSPS) is 15.9. The smallest absolute Gasteiger partial charge is 0.0972 e. The Kier molecular flexibility index (Phi) is 5.37. The van der Waals surface area contributed by atoms with Crippen LogP contribution in [-0.4, -0.2) is 40.9 Å². The van der Waals surface area contributed by atoms with Crippen molar-refractivity contribution in [3.63, 3.8) is 0 Å². The van der Waals surface area contributed by atoms with Crippen molar-refractivity contribution in [2.24, 2.45) is 0 Å². The number of hydrogen-bond acceptors (Lipinski definition) is 3. The number of hydrogen-bond donors (Lipinski definition) is 1. The molecule has 0 saturated carbocycles. The van der Waals surface area contributed by atoms with Crippen LogP contribution in [0.5, 0.6) is 0 Å². The number of aromatic nitrogens is 2. The second kappa shape index (κ2) is 8.07. The molecular formula is C23H28N4. The molecule has 4 nitrogen and oxygen atoms in total. The lowest BCUT2D eigenvalue weighted by Gasteiger charge is -2.29. The Morgan fingerprint density at radius 1 is 1.00 bits per heavy atom. The number of nitrogens with zero attached hydrogens (tertiary/aromatic N) is 3. The van der Waals surface area contributed by atoms with E-state index >= 15 is 0 Å². The van der Waals surface area contributed by atoms with Crippen LogP contribution in [0.2, 0.25) is 0 Å². The summed E-state index contributed by atoms with van der Waals surface area (Å²) < 4.78 is 2.00. The Hall–Kier alpha value is -2.43. The van der Waals surface area contributed by atoms with Gasteiger partial charge in [0.05, 0.1) is 11.4 Å². The molecular weight excluding hydrogens is 332 g/mol. The van der Waals surface area contributed by atoms with Crippen LogP contribution < -0.4 is 5.32 Å². The second-order valence-corrected chi connectivity index (χ2v) is 7.61. The van der Waals surface area contributed by atoms with Gasteiger partial charge in [-0.3, -0.25) is 0 Å². The van der Waals surface area contributed by atoms with Crippen LogP contribution in [0.25, 0.3) is 16.9 Å². The average molecular weight is 361 g/mol. The first-order chi connectivity index (χ1) is 13.2. The van der Waals surface area contributed by atoms with Crippen LogP contribution in [0.1, 0.15) is 24.0 Å². The molecule has 0 bridgehead atoms. The molecule has 1 aliphatic heterocycles. The zero-order valence-electron chi connectivity index (χ0n) is 16.2. The highest BCUT2D eigenvalue weighted by atomic mass is 15.3. The fourth-order valence-electron chi connectivity index (χ4n) is 3.67. The monoisotopic (exact) mass is 360 g/mol. The van der Waals surface area contributed by atoms with Gasteiger partial charge in [0.1, 0.15) is 0 Å². The summed E-state index contributed by atoms with van der Waals surface area (Å²) in [5.41, 5.74) is 5.86. The third-order valence-electron chi connectivity index (χ3n) is 5.44. The van der Waals surface area contributed by atoms with E-state index in [9.17, 15) is 0 Å². The number of likely N-dealkylation sites (tertiary alicyclic amines) is 1. The van der Waals surface area contributed by atoms with Crippen molar-refractivity contribution in [3.05, 3.63) is 71.9 Å². The molecule has 0 unspecified atom stereocenters. The molecule has 0 aliphatic carbocycles. The fourth-order valence-corrected chi connectivity index (χ4v) is 3.67. The maximum Gasteiger partial charge on any atom is 0.0972 e. The van der Waals surface area contributed by atoms with Crippen molar-refractivity contribution in [2.75, 3.05) is 20.1 Å². The predicted molar refractivity (Wildman–Crippen MR) is 111 cm³/mol. The van der Waals surface area contributed by atoms with E-state index < -0.39 is 0 Å². The zero-order valence-corrected chi connectivity index (χ0v) is 16.2. The Morgan fingerprint density at radius 3 is 2.41 bits per heavy atom. The highest BCUT2D eigenvalue weighted by molar-refractivity contribution is 5.63. The minimum atomic E-state index is 0.590. The summed E-state index contributed by atoms with van der Waals surface area (Å²) in [6.07, 6.45) is 4.60. The van der Waals surface area contributed by atoms with Crippen LogP contribution in [-0.2, 0) is 6.54 Å². The summed E-state index contributed by atoms with van der Waals surface area (Å²) in [4.78, 5) is 2.41. The number of para-hydroxylation sites is 1. The molecule has 0 radical (unpaired) electrons. The van der Waals surface area contributed by atoms with E-state index in [1.54, 1.807) is 0 Å². The fraction of sp³-hybridized carbons (Fsp3) is 0.348. The lowest BCUT2D eigenvalue weighted by atomic mass is 10.0. The lowest BCUT2D eigenvalue weighted by molar-refractivity contribution is 0.234. The third-order valence-corrected chi connectivity index (χ3v) is 5.44. The minimum Gasteiger partial charge on any atom is -0.310 e. The van der Waals surface area contributed by atoms with Crippen molar-refractivity contribution in [1.82, 2.24) is 20.0 Å². The quantitative estimate of drug-likeness (QED) is 0.746. The molecule has 1 fully saturated rings. The third kappa shape index (κ3) is 4.29. The number of rotatable bonds is 5. The van der Waals surface area contributed by atoms with Crippen molar-refractivity contribution >= 4 is 0 Å². The van der Waals surface area contributed by atoms with Crippen molar-refractivity contribution in [3.8, 4) is 16.9 Å². The summed E-state index contributed by atoms with van der Waals surface area (Å²) >= 11 is 0. The SMILES string of the molecule is Cc1ccc(-c2nn(-c3ccccc3)cc2CNC2CCN(C)CC2)cc1. The molecule has 1 N–H and O–H groups in total. The summed E-state index contributed by atoms with van der Waals surface area (Å²) in [7, 11) is 2.20. The van der Waals surface area contributed by atoms with Gasteiger partial charge in [-0.1, -0.05) is 48.0 Å². The van der Waals surface area contributed by atoms with Crippen LogP contribution in [0, 0.1) is 6.92 Å². The minimum absolute atomic E-state index is 0.590. The van der Waals surface area contributed by atoms with Gasteiger partial charge in [0.15, 0.2) is 0 Å². The predicted octanol–water partition coefficient (Wildman–Crippen LogP) is 4.03. The van der Waals surface area contributed by atoms with Crippen LogP contribution >= 0.6 is 0 Å². The van der Waals surface area contributed by atoms with Gasteiger partial charge in [-0.15, -0.1) is 0 Å². The second-order valence-electron chi connectivity index (χ2n) is 7.61. The Labute approximate surface area is 161 Å². The molecule has 2 heterocycles. The van der Waals surface area contributed by atoms with Crippen LogP contribution in [0.4, 0.5) is 0 Å². The van der Waals surface area contributed by atoms with Gasteiger partial charge in [0, 0.05) is 29.9 Å². The van der Waals surface area contributed by atoms with E-state index in [1.165, 1.54) is 42.6 Å². The molecule has 1 aromatic heterocycles. The summed E-state index contributed by atoms with van der Waals surface area (Å²) in [6, 6.07) is 19.6. The molecule has 0 amide bonds. The van der Waals surface area contributed by atoms with E-state index in [0.29, 0.717) is 6.04 Å². The molecule has 140 valence electrons. The number of benzene rings is 2. The maximum atomic E-state index is 4.92. The first-order valence-corrected chi connectivity index (χ1v) is 9.82. The Morgan fingerprint density at radius 2 is 1.70 bits per heavy atom. The molecule has 1 saturated heterocycles. The average Bonchev–Trinajstić information content (AvgIpc) is 3.13. The van der Waals surface area contributed by atoms with Crippen molar-refractivity contribution < 1.29 is 0 Å². The van der Waals surface area contributed by atoms with E-state index in [1.807, 2.05) is 10.7 Å². The molecule has 3 aromatic rings. The highest BCUT2D eigenvalue weighted by Gasteiger charge is 2.18. The number of aryl methyl sites for hydroxylation is 1. The van der Waals surface area contributed by atoms with Gasteiger partial charge in [-0.05, 0) is 52.0 Å². The van der Waals surface area contributed by atoms with Gasteiger partial charge >= 0.3 is 0 Å². The van der Waals surface area contributed by atoms with Crippen molar-refractivity contribution in [1.29, 1.82) is 0 Å².